The normalized spacial score (nSPS) is 13.2. The van der Waals surface area contributed by atoms with Crippen LogP contribution < -0.4 is 5.32 Å². The van der Waals surface area contributed by atoms with E-state index < -0.39 is 17.8 Å². The molecule has 1 aromatic rings. The van der Waals surface area contributed by atoms with Gasteiger partial charge < -0.3 is 10.4 Å². The number of carbonyl (C=O) groups excluding carboxylic acids is 1. The number of nitrogens with one attached hydrogen (secondary N) is 1. The molecular weight excluding hydrogens is 233 g/mol. The van der Waals surface area contributed by atoms with E-state index in [1.165, 1.54) is 12.1 Å². The highest BCUT2D eigenvalue weighted by molar-refractivity contribution is 5.94. The Morgan fingerprint density at radius 1 is 1.44 bits per heavy atom. The molecule has 0 aliphatic heterocycles. The summed E-state index contributed by atoms with van der Waals surface area (Å²) in [7, 11) is 0. The lowest BCUT2D eigenvalue weighted by atomic mass is 9.87. The molecule has 0 spiro atoms. The minimum Gasteiger partial charge on any atom is -0.393 e. The summed E-state index contributed by atoms with van der Waals surface area (Å²) in [5.41, 5.74) is -0.180. The third kappa shape index (κ3) is 4.45. The summed E-state index contributed by atoms with van der Waals surface area (Å²) in [6.45, 7) is 5.99. The quantitative estimate of drug-likeness (QED) is 0.846. The van der Waals surface area contributed by atoms with Crippen LogP contribution in [0.3, 0.4) is 0 Å². The van der Waals surface area contributed by atoms with E-state index in [-0.39, 0.29) is 11.0 Å². The number of rotatable bonds is 5. The van der Waals surface area contributed by atoms with Crippen LogP contribution >= 0.6 is 0 Å². The first-order valence-electron chi connectivity index (χ1n) is 6.02. The smallest absolute Gasteiger partial charge is 0.254 e. The van der Waals surface area contributed by atoms with Crippen LogP contribution in [-0.4, -0.2) is 23.7 Å². The molecule has 1 rings (SSSR count). The highest BCUT2D eigenvalue weighted by Gasteiger charge is 2.22. The van der Waals surface area contributed by atoms with Crippen LogP contribution in [0.1, 0.15) is 37.6 Å². The molecule has 0 aliphatic rings. The Bertz CT molecular complexity index is 416. The van der Waals surface area contributed by atoms with E-state index in [9.17, 15) is 14.3 Å². The average molecular weight is 253 g/mol. The maximum atomic E-state index is 13.4. The van der Waals surface area contributed by atoms with Gasteiger partial charge in [-0.15, -0.1) is 0 Å². The molecule has 4 heteroatoms. The number of amides is 1. The van der Waals surface area contributed by atoms with Gasteiger partial charge >= 0.3 is 0 Å². The summed E-state index contributed by atoms with van der Waals surface area (Å²) < 4.78 is 13.4. The van der Waals surface area contributed by atoms with E-state index in [0.29, 0.717) is 13.0 Å². The van der Waals surface area contributed by atoms with Gasteiger partial charge in [-0.05, 0) is 30.9 Å². The average Bonchev–Trinajstić information content (AvgIpc) is 2.25. The molecule has 1 unspecified atom stereocenters. The van der Waals surface area contributed by atoms with Crippen LogP contribution in [-0.2, 0) is 0 Å². The number of halogens is 1. The maximum Gasteiger partial charge on any atom is 0.254 e. The lowest BCUT2D eigenvalue weighted by Crippen LogP contribution is -2.36. The lowest BCUT2D eigenvalue weighted by molar-refractivity contribution is 0.0898. The van der Waals surface area contributed by atoms with Crippen molar-refractivity contribution in [3.63, 3.8) is 0 Å². The predicted octanol–water partition coefficient (Wildman–Crippen LogP) is 2.35. The van der Waals surface area contributed by atoms with Gasteiger partial charge in [0.05, 0.1) is 11.7 Å². The van der Waals surface area contributed by atoms with Gasteiger partial charge in [0.1, 0.15) is 5.82 Å². The number of hydrogen-bond donors (Lipinski definition) is 2. The highest BCUT2D eigenvalue weighted by atomic mass is 19.1. The Morgan fingerprint density at radius 2 is 2.06 bits per heavy atom. The Balaban J connectivity index is 2.59. The summed E-state index contributed by atoms with van der Waals surface area (Å²) in [6.07, 6.45) is 0.148. The summed E-state index contributed by atoms with van der Waals surface area (Å²) in [5.74, 6) is -0.949. The zero-order chi connectivity index (χ0) is 13.8. The van der Waals surface area contributed by atoms with E-state index in [4.69, 9.17) is 0 Å². The highest BCUT2D eigenvalue weighted by Crippen LogP contribution is 2.21. The SMILES string of the molecule is CC(O)CC(C)(C)CNC(=O)c1ccccc1F. The van der Waals surface area contributed by atoms with Crippen molar-refractivity contribution in [3.8, 4) is 0 Å². The Kier molecular flexibility index (Phi) is 4.84. The fraction of sp³-hybridized carbons (Fsp3) is 0.500. The molecule has 0 bridgehead atoms. The predicted molar refractivity (Wildman–Crippen MR) is 68.8 cm³/mol. The van der Waals surface area contributed by atoms with Gasteiger partial charge in [-0.1, -0.05) is 26.0 Å². The standard InChI is InChI=1S/C14H20FNO2/c1-10(17)8-14(2,3)9-16-13(18)11-6-4-5-7-12(11)15/h4-7,10,17H,8-9H2,1-3H3,(H,16,18). The van der Waals surface area contributed by atoms with Crippen LogP contribution in [0.2, 0.25) is 0 Å². The van der Waals surface area contributed by atoms with Gasteiger partial charge in [-0.3, -0.25) is 4.79 Å². The van der Waals surface area contributed by atoms with Crippen molar-refractivity contribution in [1.29, 1.82) is 0 Å². The van der Waals surface area contributed by atoms with Crippen LogP contribution in [0.15, 0.2) is 24.3 Å². The van der Waals surface area contributed by atoms with E-state index in [1.807, 2.05) is 13.8 Å². The van der Waals surface area contributed by atoms with Crippen molar-refractivity contribution in [2.75, 3.05) is 6.54 Å². The van der Waals surface area contributed by atoms with Gasteiger partial charge in [-0.2, -0.15) is 0 Å². The van der Waals surface area contributed by atoms with Gasteiger partial charge in [0.15, 0.2) is 0 Å². The summed E-state index contributed by atoms with van der Waals surface area (Å²) in [6, 6.07) is 5.88. The van der Waals surface area contributed by atoms with Crippen molar-refractivity contribution in [2.45, 2.75) is 33.3 Å². The molecule has 3 nitrogen and oxygen atoms in total. The Hall–Kier alpha value is -1.42. The minimum atomic E-state index is -0.525. The number of benzene rings is 1. The fourth-order valence-corrected chi connectivity index (χ4v) is 1.93. The van der Waals surface area contributed by atoms with Crippen LogP contribution in [0.25, 0.3) is 0 Å². The topological polar surface area (TPSA) is 49.3 Å². The second kappa shape index (κ2) is 5.96. The van der Waals surface area contributed by atoms with E-state index in [0.717, 1.165) is 0 Å². The monoisotopic (exact) mass is 253 g/mol. The molecule has 0 heterocycles. The van der Waals surface area contributed by atoms with Gasteiger partial charge in [0, 0.05) is 6.54 Å². The molecule has 1 aromatic carbocycles. The first-order valence-corrected chi connectivity index (χ1v) is 6.02. The molecule has 1 amide bonds. The van der Waals surface area contributed by atoms with Crippen LogP contribution in [0, 0.1) is 11.2 Å². The zero-order valence-corrected chi connectivity index (χ0v) is 11.0. The number of aliphatic hydroxyl groups is 1. The first-order chi connectivity index (χ1) is 8.32. The largest absolute Gasteiger partial charge is 0.393 e. The van der Waals surface area contributed by atoms with E-state index in [1.54, 1.807) is 19.1 Å². The zero-order valence-electron chi connectivity index (χ0n) is 11.0. The molecule has 0 fully saturated rings. The fourth-order valence-electron chi connectivity index (χ4n) is 1.93. The van der Waals surface area contributed by atoms with Crippen molar-refractivity contribution in [3.05, 3.63) is 35.6 Å². The minimum absolute atomic E-state index is 0.0466. The number of aliphatic hydroxyl groups excluding tert-OH is 1. The first kappa shape index (κ1) is 14.6. The summed E-state index contributed by atoms with van der Waals surface area (Å²) >= 11 is 0. The molecule has 0 aromatic heterocycles. The Labute approximate surface area is 107 Å². The molecule has 0 radical (unpaired) electrons. The molecule has 0 saturated heterocycles. The maximum absolute atomic E-state index is 13.4. The van der Waals surface area contributed by atoms with E-state index >= 15 is 0 Å². The number of carbonyl (C=O) groups is 1. The van der Waals surface area contributed by atoms with Gasteiger partial charge in [-0.25, -0.2) is 4.39 Å². The second-order valence-electron chi connectivity index (χ2n) is 5.38. The second-order valence-corrected chi connectivity index (χ2v) is 5.38. The lowest BCUT2D eigenvalue weighted by Gasteiger charge is -2.26. The van der Waals surface area contributed by atoms with Crippen molar-refractivity contribution in [2.24, 2.45) is 5.41 Å². The van der Waals surface area contributed by atoms with Gasteiger partial charge in [0.2, 0.25) is 0 Å². The molecule has 18 heavy (non-hydrogen) atoms. The molecule has 100 valence electrons. The Morgan fingerprint density at radius 3 is 2.61 bits per heavy atom. The van der Waals surface area contributed by atoms with Crippen molar-refractivity contribution >= 4 is 5.91 Å². The molecule has 2 N–H and O–H groups in total. The van der Waals surface area contributed by atoms with Crippen LogP contribution in [0.4, 0.5) is 4.39 Å². The third-order valence-corrected chi connectivity index (χ3v) is 2.69. The van der Waals surface area contributed by atoms with E-state index in [2.05, 4.69) is 5.32 Å². The van der Waals surface area contributed by atoms with Gasteiger partial charge in [0.25, 0.3) is 5.91 Å². The summed E-state index contributed by atoms with van der Waals surface area (Å²) in [4.78, 5) is 11.8. The molecule has 1 atom stereocenters. The summed E-state index contributed by atoms with van der Waals surface area (Å²) in [5, 5.41) is 12.0. The van der Waals surface area contributed by atoms with Crippen molar-refractivity contribution in [1.82, 2.24) is 5.32 Å². The van der Waals surface area contributed by atoms with Crippen molar-refractivity contribution < 1.29 is 14.3 Å². The molecule has 0 aliphatic carbocycles. The third-order valence-electron chi connectivity index (χ3n) is 2.69. The van der Waals surface area contributed by atoms with Crippen LogP contribution in [0.5, 0.6) is 0 Å². The molecule has 0 saturated carbocycles. The molecular formula is C14H20FNO2. The number of hydrogen-bond acceptors (Lipinski definition) is 2.